The Labute approximate surface area is 125 Å². The minimum absolute atomic E-state index is 0. The molecule has 1 amide bonds. The number of benzene rings is 1. The molecule has 1 aromatic carbocycles. The van der Waals surface area contributed by atoms with E-state index in [1.807, 2.05) is 12.4 Å². The predicted molar refractivity (Wildman–Crippen MR) is 74.3 cm³/mol. The topological polar surface area (TPSA) is 55.4 Å². The molecule has 0 atom stereocenters. The fourth-order valence-electron chi connectivity index (χ4n) is 1.33. The molecular weight excluding hydrogens is 340 g/mol. The lowest BCUT2D eigenvalue weighted by Gasteiger charge is -2.06. The van der Waals surface area contributed by atoms with Crippen molar-refractivity contribution in [1.82, 2.24) is 5.48 Å². The van der Waals surface area contributed by atoms with E-state index >= 15 is 0 Å². The van der Waals surface area contributed by atoms with Crippen LogP contribution in [0.5, 0.6) is 0 Å². The number of halogens is 3. The van der Waals surface area contributed by atoms with Crippen molar-refractivity contribution < 1.29 is 18.8 Å². The van der Waals surface area contributed by atoms with Gasteiger partial charge in [-0.25, -0.2) is 9.18 Å². The van der Waals surface area contributed by atoms with Gasteiger partial charge >= 0.3 is 5.97 Å². The summed E-state index contributed by atoms with van der Waals surface area (Å²) in [5.74, 6) is -1.45. The van der Waals surface area contributed by atoms with E-state index in [-0.39, 0.29) is 31.1 Å². The van der Waals surface area contributed by atoms with Crippen LogP contribution in [0.4, 0.5) is 4.39 Å². The van der Waals surface area contributed by atoms with Crippen molar-refractivity contribution in [2.45, 2.75) is 26.7 Å². The quantitative estimate of drug-likeness (QED) is 0.849. The van der Waals surface area contributed by atoms with Crippen molar-refractivity contribution in [2.75, 3.05) is 0 Å². The van der Waals surface area contributed by atoms with Gasteiger partial charge in [-0.15, -0.1) is 12.4 Å². The summed E-state index contributed by atoms with van der Waals surface area (Å²) in [7, 11) is 0. The molecule has 0 saturated carbocycles. The molecule has 0 aliphatic heterocycles. The number of carbonyl (C=O) groups is 2. The van der Waals surface area contributed by atoms with Crippen molar-refractivity contribution in [3.05, 3.63) is 33.5 Å². The number of hydrogen-bond donors (Lipinski definition) is 1. The summed E-state index contributed by atoms with van der Waals surface area (Å²) in [5, 5.41) is 0. The first kappa shape index (κ1) is 17.9. The second-order valence-electron chi connectivity index (χ2n) is 3.83. The van der Waals surface area contributed by atoms with Crippen LogP contribution in [0.3, 0.4) is 0 Å². The molecule has 0 radical (unpaired) electrons. The molecule has 1 aromatic rings. The molecule has 4 nitrogen and oxygen atoms in total. The van der Waals surface area contributed by atoms with E-state index in [4.69, 9.17) is 0 Å². The first-order chi connectivity index (χ1) is 8.40. The van der Waals surface area contributed by atoms with Gasteiger partial charge < -0.3 is 4.84 Å². The summed E-state index contributed by atoms with van der Waals surface area (Å²) in [5.41, 5.74) is 3.26. The van der Waals surface area contributed by atoms with Crippen molar-refractivity contribution in [1.29, 1.82) is 0 Å². The highest BCUT2D eigenvalue weighted by Gasteiger charge is 2.10. The molecule has 0 heterocycles. The van der Waals surface area contributed by atoms with E-state index in [9.17, 15) is 14.0 Å². The Morgan fingerprint density at radius 1 is 1.42 bits per heavy atom. The van der Waals surface area contributed by atoms with E-state index in [2.05, 4.69) is 20.8 Å². The molecule has 0 bridgehead atoms. The molecule has 0 spiro atoms. The van der Waals surface area contributed by atoms with Gasteiger partial charge in [0.25, 0.3) is 0 Å². The van der Waals surface area contributed by atoms with Crippen LogP contribution < -0.4 is 5.48 Å². The van der Waals surface area contributed by atoms with Gasteiger partial charge in [0.15, 0.2) is 0 Å². The van der Waals surface area contributed by atoms with Crippen LogP contribution in [0.1, 0.15) is 24.5 Å². The van der Waals surface area contributed by atoms with Gasteiger partial charge in [-0.05, 0) is 30.5 Å². The Morgan fingerprint density at radius 3 is 2.63 bits per heavy atom. The molecule has 1 rings (SSSR count). The zero-order chi connectivity index (χ0) is 13.7. The summed E-state index contributed by atoms with van der Waals surface area (Å²) >= 11 is 3.22. The smallest absolute Gasteiger partial charge is 0.332 e. The molecule has 0 aliphatic carbocycles. The predicted octanol–water partition coefficient (Wildman–Crippen LogP) is 2.85. The molecule has 0 saturated heterocycles. The number of carbonyl (C=O) groups excluding carboxylic acids is 2. The summed E-state index contributed by atoms with van der Waals surface area (Å²) in [6.45, 7) is 3.06. The Morgan fingerprint density at radius 2 is 2.05 bits per heavy atom. The van der Waals surface area contributed by atoms with Gasteiger partial charge in [-0.2, -0.15) is 5.48 Å². The zero-order valence-electron chi connectivity index (χ0n) is 10.5. The highest BCUT2D eigenvalue weighted by Crippen LogP contribution is 2.21. The van der Waals surface area contributed by atoms with E-state index in [1.165, 1.54) is 13.0 Å². The minimum atomic E-state index is -0.606. The highest BCUT2D eigenvalue weighted by molar-refractivity contribution is 9.10. The SMILES string of the molecule is CC(=O)NOC(=O)CCc1cc(C)c(Br)cc1F.Cl. The third-order valence-corrected chi connectivity index (χ3v) is 3.09. The van der Waals surface area contributed by atoms with Crippen LogP contribution in [0.2, 0.25) is 0 Å². The fraction of sp³-hybridized carbons (Fsp3) is 0.333. The highest BCUT2D eigenvalue weighted by atomic mass is 79.9. The fourth-order valence-corrected chi connectivity index (χ4v) is 1.64. The number of hydroxylamine groups is 1. The number of aryl methyl sites for hydroxylation is 2. The maximum atomic E-state index is 13.5. The lowest BCUT2D eigenvalue weighted by atomic mass is 10.1. The molecular formula is C12H14BrClFNO3. The standard InChI is InChI=1S/C12H13BrFNO3.ClH/c1-7-5-9(11(14)6-10(7)13)3-4-12(17)18-15-8(2)16;/h5-6H,3-4H2,1-2H3,(H,15,16);1H. The minimum Gasteiger partial charge on any atom is -0.341 e. The van der Waals surface area contributed by atoms with E-state index in [0.717, 1.165) is 5.56 Å². The largest absolute Gasteiger partial charge is 0.341 e. The van der Waals surface area contributed by atoms with Gasteiger partial charge in [-0.1, -0.05) is 22.0 Å². The van der Waals surface area contributed by atoms with E-state index < -0.39 is 11.9 Å². The van der Waals surface area contributed by atoms with E-state index in [1.54, 1.807) is 6.07 Å². The third kappa shape index (κ3) is 6.02. The number of nitrogens with one attached hydrogen (secondary N) is 1. The average molecular weight is 355 g/mol. The van der Waals surface area contributed by atoms with Crippen molar-refractivity contribution >= 4 is 40.2 Å². The lowest BCUT2D eigenvalue weighted by molar-refractivity contribution is -0.157. The molecule has 1 N–H and O–H groups in total. The Hall–Kier alpha value is -1.14. The Bertz CT molecular complexity index is 482. The van der Waals surface area contributed by atoms with Gasteiger partial charge in [0.05, 0.1) is 6.42 Å². The van der Waals surface area contributed by atoms with Crippen LogP contribution in [-0.4, -0.2) is 11.9 Å². The third-order valence-electron chi connectivity index (χ3n) is 2.23. The van der Waals surface area contributed by atoms with Crippen LogP contribution in [0, 0.1) is 12.7 Å². The summed E-state index contributed by atoms with van der Waals surface area (Å²) in [6, 6.07) is 3.04. The van der Waals surface area contributed by atoms with Crippen molar-refractivity contribution in [3.63, 3.8) is 0 Å². The second-order valence-corrected chi connectivity index (χ2v) is 4.68. The van der Waals surface area contributed by atoms with Gasteiger partial charge in [0.2, 0.25) is 5.91 Å². The number of amides is 1. The summed E-state index contributed by atoms with van der Waals surface area (Å²) in [6.07, 6.45) is 0.219. The number of rotatable bonds is 3. The molecule has 19 heavy (non-hydrogen) atoms. The monoisotopic (exact) mass is 353 g/mol. The maximum Gasteiger partial charge on any atom is 0.332 e. The molecule has 0 aromatic heterocycles. The number of hydrogen-bond acceptors (Lipinski definition) is 3. The van der Waals surface area contributed by atoms with Crippen molar-refractivity contribution in [2.24, 2.45) is 0 Å². The Balaban J connectivity index is 0.00000324. The molecule has 0 aliphatic rings. The second kappa shape index (κ2) is 8.12. The molecule has 7 heteroatoms. The van der Waals surface area contributed by atoms with Gasteiger partial charge in [0.1, 0.15) is 5.82 Å². The summed E-state index contributed by atoms with van der Waals surface area (Å²) in [4.78, 5) is 26.2. The van der Waals surface area contributed by atoms with Crippen LogP contribution in [0.15, 0.2) is 16.6 Å². The average Bonchev–Trinajstić information content (AvgIpc) is 2.29. The zero-order valence-corrected chi connectivity index (χ0v) is 12.9. The van der Waals surface area contributed by atoms with Gasteiger partial charge in [0, 0.05) is 11.4 Å². The van der Waals surface area contributed by atoms with Crippen LogP contribution in [-0.2, 0) is 20.8 Å². The van der Waals surface area contributed by atoms with Crippen LogP contribution >= 0.6 is 28.3 Å². The summed E-state index contributed by atoms with van der Waals surface area (Å²) < 4.78 is 14.2. The van der Waals surface area contributed by atoms with Crippen LogP contribution in [0.25, 0.3) is 0 Å². The van der Waals surface area contributed by atoms with Crippen molar-refractivity contribution in [3.8, 4) is 0 Å². The lowest BCUT2D eigenvalue weighted by Crippen LogP contribution is -2.24. The van der Waals surface area contributed by atoms with E-state index in [0.29, 0.717) is 10.0 Å². The van der Waals surface area contributed by atoms with Gasteiger partial charge in [-0.3, -0.25) is 4.79 Å². The molecule has 106 valence electrons. The first-order valence-corrected chi connectivity index (χ1v) is 6.10. The first-order valence-electron chi connectivity index (χ1n) is 5.31. The maximum absolute atomic E-state index is 13.5. The normalized spacial score (nSPS) is 9.47. The molecule has 0 fully saturated rings. The Kier molecular flexibility index (Phi) is 7.63. The molecule has 0 unspecified atom stereocenters.